The van der Waals surface area contributed by atoms with Crippen LogP contribution in [0.15, 0.2) is 18.2 Å². The van der Waals surface area contributed by atoms with Gasteiger partial charge in [-0.15, -0.1) is 0 Å². The zero-order valence-corrected chi connectivity index (χ0v) is 20.3. The molecule has 0 aromatic heterocycles. The lowest BCUT2D eigenvalue weighted by atomic mass is 9.99. The molecule has 32 heavy (non-hydrogen) atoms. The summed E-state index contributed by atoms with van der Waals surface area (Å²) in [5.74, 6) is -0.255. The number of carbonyl (C=O) groups excluding carboxylic acids is 2. The number of carbonyl (C=O) groups is 2. The van der Waals surface area contributed by atoms with Crippen LogP contribution in [0.3, 0.4) is 0 Å². The Balaban J connectivity index is 2.44. The Morgan fingerprint density at radius 1 is 1.34 bits per heavy atom. The molecule has 10 nitrogen and oxygen atoms in total. The Morgan fingerprint density at radius 3 is 2.56 bits per heavy atom. The first-order valence-electron chi connectivity index (χ1n) is 10.5. The molecule has 0 bridgehead atoms. The molecule has 0 aliphatic carbocycles. The van der Waals surface area contributed by atoms with E-state index >= 15 is 0 Å². The van der Waals surface area contributed by atoms with Crippen LogP contribution in [0.1, 0.15) is 38.1 Å². The molecule has 2 rings (SSSR count). The van der Waals surface area contributed by atoms with Crippen molar-refractivity contribution in [1.82, 2.24) is 14.5 Å². The van der Waals surface area contributed by atoms with Gasteiger partial charge in [-0.05, 0) is 39.0 Å². The highest BCUT2D eigenvalue weighted by atomic mass is 32.2. The summed E-state index contributed by atoms with van der Waals surface area (Å²) in [7, 11) is -1.94. The minimum Gasteiger partial charge on any atom is -0.488 e. The maximum absolute atomic E-state index is 13.3. The molecule has 0 fully saturated rings. The van der Waals surface area contributed by atoms with Gasteiger partial charge in [0.15, 0.2) is 0 Å². The Hall–Kier alpha value is -2.37. The molecule has 11 heteroatoms. The van der Waals surface area contributed by atoms with Gasteiger partial charge in [0.05, 0.1) is 31.0 Å². The zero-order chi connectivity index (χ0) is 24.2. The van der Waals surface area contributed by atoms with Crippen molar-refractivity contribution in [3.05, 3.63) is 23.8 Å². The van der Waals surface area contributed by atoms with Crippen molar-refractivity contribution in [1.29, 1.82) is 0 Å². The van der Waals surface area contributed by atoms with E-state index in [-0.39, 0.29) is 43.1 Å². The van der Waals surface area contributed by atoms with Gasteiger partial charge in [-0.25, -0.2) is 17.5 Å². The number of fused-ring (bicyclic) bond motifs is 1. The number of sulfonamides is 1. The van der Waals surface area contributed by atoms with Gasteiger partial charge in [-0.1, -0.05) is 6.92 Å². The molecule has 1 aromatic rings. The summed E-state index contributed by atoms with van der Waals surface area (Å²) in [5, 5.41) is 15.1. The number of likely N-dealkylation sites (N-methyl/N-ethyl adjacent to an activating group) is 1. The van der Waals surface area contributed by atoms with Crippen LogP contribution in [-0.2, 0) is 10.0 Å². The SMILES string of the molecule is CC(C)NC(=O)Nc1ccc2c(c1)C(=O)N([C@@H](C)CO)C[C@H](C)[C@H](CN(C)S(C)(=O)=O)O2. The van der Waals surface area contributed by atoms with Gasteiger partial charge in [-0.2, -0.15) is 0 Å². The number of nitrogens with zero attached hydrogens (tertiary/aromatic N) is 2. The van der Waals surface area contributed by atoms with E-state index in [2.05, 4.69) is 10.6 Å². The summed E-state index contributed by atoms with van der Waals surface area (Å²) in [6.07, 6.45) is 0.594. The number of aliphatic hydroxyl groups excluding tert-OH is 1. The Labute approximate surface area is 190 Å². The molecule has 0 spiro atoms. The Kier molecular flexibility index (Phi) is 8.49. The van der Waals surface area contributed by atoms with Crippen LogP contribution in [0.2, 0.25) is 0 Å². The summed E-state index contributed by atoms with van der Waals surface area (Å²) in [6, 6.07) is 3.83. The highest BCUT2D eigenvalue weighted by Gasteiger charge is 2.34. The Bertz CT molecular complexity index is 936. The van der Waals surface area contributed by atoms with E-state index in [9.17, 15) is 23.1 Å². The van der Waals surface area contributed by atoms with Crippen molar-refractivity contribution in [3.63, 3.8) is 0 Å². The number of hydrogen-bond donors (Lipinski definition) is 3. The number of hydrogen-bond acceptors (Lipinski definition) is 6. The van der Waals surface area contributed by atoms with Gasteiger partial charge >= 0.3 is 6.03 Å². The summed E-state index contributed by atoms with van der Waals surface area (Å²) in [5.41, 5.74) is 0.639. The van der Waals surface area contributed by atoms with Gasteiger partial charge < -0.3 is 25.4 Å². The fraction of sp³-hybridized carbons (Fsp3) is 0.619. The highest BCUT2D eigenvalue weighted by Crippen LogP contribution is 2.30. The van der Waals surface area contributed by atoms with Gasteiger partial charge in [0.25, 0.3) is 5.91 Å². The molecule has 1 aliphatic heterocycles. The zero-order valence-electron chi connectivity index (χ0n) is 19.5. The average Bonchev–Trinajstić information content (AvgIpc) is 2.69. The Morgan fingerprint density at radius 2 is 2.00 bits per heavy atom. The second-order valence-electron chi connectivity index (χ2n) is 8.63. The molecule has 3 N–H and O–H groups in total. The second-order valence-corrected chi connectivity index (χ2v) is 10.7. The van der Waals surface area contributed by atoms with E-state index in [1.54, 1.807) is 24.0 Å². The lowest BCUT2D eigenvalue weighted by molar-refractivity contribution is 0.0387. The number of benzene rings is 1. The molecule has 180 valence electrons. The molecule has 0 unspecified atom stereocenters. The number of aliphatic hydroxyl groups is 1. The largest absolute Gasteiger partial charge is 0.488 e. The predicted molar refractivity (Wildman–Crippen MR) is 122 cm³/mol. The van der Waals surface area contributed by atoms with Crippen molar-refractivity contribution < 1.29 is 27.9 Å². The second kappa shape index (κ2) is 10.5. The third-order valence-corrected chi connectivity index (χ3v) is 6.63. The van der Waals surface area contributed by atoms with Crippen molar-refractivity contribution in [2.24, 2.45) is 5.92 Å². The number of urea groups is 1. The summed E-state index contributed by atoms with van der Waals surface area (Å²) < 4.78 is 31.2. The van der Waals surface area contributed by atoms with Crippen molar-refractivity contribution in [2.45, 2.75) is 45.9 Å². The number of ether oxygens (including phenoxy) is 1. The standard InChI is InChI=1S/C21H34N4O6S/c1-13(2)22-21(28)23-16-7-8-18-17(9-16)20(27)25(15(4)12-26)10-14(3)19(31-18)11-24(5)32(6,29)30/h7-9,13-15,19,26H,10-12H2,1-6H3,(H2,22,23,28)/t14-,15-,19-/m0/s1. The summed E-state index contributed by atoms with van der Waals surface area (Å²) >= 11 is 0. The van der Waals surface area contributed by atoms with Gasteiger partial charge in [0, 0.05) is 31.2 Å². The van der Waals surface area contributed by atoms with E-state index in [0.29, 0.717) is 11.4 Å². The smallest absolute Gasteiger partial charge is 0.319 e. The van der Waals surface area contributed by atoms with E-state index < -0.39 is 28.2 Å². The van der Waals surface area contributed by atoms with Gasteiger partial charge in [-0.3, -0.25) is 4.79 Å². The first kappa shape index (κ1) is 25.9. The predicted octanol–water partition coefficient (Wildman–Crippen LogP) is 1.33. The molecule has 3 atom stereocenters. The van der Waals surface area contributed by atoms with Crippen LogP contribution in [0.4, 0.5) is 10.5 Å². The van der Waals surface area contributed by atoms with Crippen molar-refractivity contribution in [3.8, 4) is 5.75 Å². The molecule has 1 heterocycles. The van der Waals surface area contributed by atoms with E-state index in [1.165, 1.54) is 17.4 Å². The summed E-state index contributed by atoms with van der Waals surface area (Å²) in [4.78, 5) is 27.0. The highest BCUT2D eigenvalue weighted by molar-refractivity contribution is 7.88. The van der Waals surface area contributed by atoms with Crippen LogP contribution in [0.25, 0.3) is 0 Å². The molecule has 0 saturated carbocycles. The van der Waals surface area contributed by atoms with Crippen molar-refractivity contribution in [2.75, 3.05) is 38.3 Å². The van der Waals surface area contributed by atoms with Crippen molar-refractivity contribution >= 4 is 27.6 Å². The number of amides is 3. The molecular weight excluding hydrogens is 436 g/mol. The van der Waals surface area contributed by atoms with Crippen LogP contribution < -0.4 is 15.4 Å². The fourth-order valence-corrected chi connectivity index (χ4v) is 3.75. The van der Waals surface area contributed by atoms with Crippen LogP contribution in [0.5, 0.6) is 5.75 Å². The lowest BCUT2D eigenvalue weighted by Gasteiger charge is -2.38. The fourth-order valence-electron chi connectivity index (χ4n) is 3.34. The van der Waals surface area contributed by atoms with Crippen LogP contribution in [-0.4, -0.2) is 85.9 Å². The lowest BCUT2D eigenvalue weighted by Crippen LogP contribution is -2.50. The van der Waals surface area contributed by atoms with E-state index in [1.807, 2.05) is 20.8 Å². The third-order valence-electron chi connectivity index (χ3n) is 5.35. The minimum atomic E-state index is -3.42. The molecule has 0 radical (unpaired) electrons. The van der Waals surface area contributed by atoms with Crippen LogP contribution in [0, 0.1) is 5.92 Å². The molecule has 3 amide bonds. The minimum absolute atomic E-state index is 0.0562. The number of anilines is 1. The third kappa shape index (κ3) is 6.57. The monoisotopic (exact) mass is 470 g/mol. The van der Waals surface area contributed by atoms with Gasteiger partial charge in [0.1, 0.15) is 11.9 Å². The first-order chi connectivity index (χ1) is 14.8. The number of rotatable bonds is 7. The van der Waals surface area contributed by atoms with E-state index in [4.69, 9.17) is 4.74 Å². The molecular formula is C21H34N4O6S. The first-order valence-corrected chi connectivity index (χ1v) is 12.4. The normalized spacial score (nSPS) is 20.3. The van der Waals surface area contributed by atoms with E-state index in [0.717, 1.165) is 6.26 Å². The maximum Gasteiger partial charge on any atom is 0.319 e. The molecule has 1 aliphatic rings. The average molecular weight is 471 g/mol. The van der Waals surface area contributed by atoms with Gasteiger partial charge in [0.2, 0.25) is 10.0 Å². The number of nitrogens with one attached hydrogen (secondary N) is 2. The molecule has 1 aromatic carbocycles. The molecule has 0 saturated heterocycles. The summed E-state index contributed by atoms with van der Waals surface area (Å²) in [6.45, 7) is 7.43. The maximum atomic E-state index is 13.3. The quantitative estimate of drug-likeness (QED) is 0.552. The van der Waals surface area contributed by atoms with Crippen LogP contribution >= 0.6 is 0 Å². The topological polar surface area (TPSA) is 128 Å².